The number of benzene rings is 2. The number of hydrogen-bond donors (Lipinski definition) is 1. The van der Waals surface area contributed by atoms with Crippen molar-refractivity contribution in [3.63, 3.8) is 0 Å². The third kappa shape index (κ3) is 5.44. The maximum absolute atomic E-state index is 12.3. The number of hydrogen-bond acceptors (Lipinski definition) is 4. The normalized spacial score (nSPS) is 12.6. The lowest BCUT2D eigenvalue weighted by Crippen LogP contribution is -2.39. The van der Waals surface area contributed by atoms with Crippen molar-refractivity contribution in [3.8, 4) is 0 Å². The van der Waals surface area contributed by atoms with Crippen molar-refractivity contribution in [1.82, 2.24) is 4.72 Å². The molecule has 0 aromatic heterocycles. The topological polar surface area (TPSA) is 72.5 Å². The number of carbonyl (C=O) groups is 1. The first kappa shape index (κ1) is 19.7. The fourth-order valence-corrected chi connectivity index (χ4v) is 3.66. The largest absolute Gasteiger partial charge is 0.460 e. The fraction of sp³-hybridized carbons (Fsp3) is 0.235. The van der Waals surface area contributed by atoms with Crippen molar-refractivity contribution in [2.45, 2.75) is 31.4 Å². The van der Waals surface area contributed by atoms with Crippen LogP contribution in [0.4, 0.5) is 0 Å². The van der Waals surface area contributed by atoms with Gasteiger partial charge < -0.3 is 4.74 Å². The molecule has 0 amide bonds. The molecule has 0 bridgehead atoms. The highest BCUT2D eigenvalue weighted by Gasteiger charge is 2.23. The highest BCUT2D eigenvalue weighted by atomic mass is 35.5. The molecule has 1 atom stereocenters. The van der Waals surface area contributed by atoms with Crippen molar-refractivity contribution >= 4 is 39.2 Å². The molecule has 25 heavy (non-hydrogen) atoms. The predicted octanol–water partition coefficient (Wildman–Crippen LogP) is 3.71. The van der Waals surface area contributed by atoms with Gasteiger partial charge in [-0.05, 0) is 37.6 Å². The Morgan fingerprint density at radius 1 is 1.16 bits per heavy atom. The molecule has 0 radical (unpaired) electrons. The standard InChI is InChI=1S/C17H17Cl2NO4S/c1-11-4-3-5-13(8-11)10-24-17(21)12(2)20-25(22,23)14-6-7-15(18)16(19)9-14/h3-9,12,20H,10H2,1-2H3/t12-/m0/s1. The Bertz CT molecular complexity index is 884. The molecule has 134 valence electrons. The van der Waals surface area contributed by atoms with E-state index in [9.17, 15) is 13.2 Å². The second-order valence-corrected chi connectivity index (χ2v) is 8.04. The molecule has 0 aliphatic rings. The number of halogens is 2. The molecular formula is C17H17Cl2NO4S. The van der Waals surface area contributed by atoms with E-state index < -0.39 is 22.0 Å². The SMILES string of the molecule is Cc1cccc(COC(=O)[C@H](C)NS(=O)(=O)c2ccc(Cl)c(Cl)c2)c1. The van der Waals surface area contributed by atoms with E-state index in [1.165, 1.54) is 25.1 Å². The Labute approximate surface area is 157 Å². The van der Waals surface area contributed by atoms with Crippen LogP contribution >= 0.6 is 23.2 Å². The van der Waals surface area contributed by atoms with Crippen LogP contribution in [0.3, 0.4) is 0 Å². The summed E-state index contributed by atoms with van der Waals surface area (Å²) in [5, 5.41) is 0.352. The number of aryl methyl sites for hydroxylation is 1. The number of ether oxygens (including phenoxy) is 1. The monoisotopic (exact) mass is 401 g/mol. The van der Waals surface area contributed by atoms with Gasteiger partial charge in [0.25, 0.3) is 0 Å². The molecule has 8 heteroatoms. The molecule has 2 rings (SSSR count). The number of esters is 1. The van der Waals surface area contributed by atoms with Gasteiger partial charge in [-0.15, -0.1) is 0 Å². The molecule has 2 aromatic rings. The number of sulfonamides is 1. The number of carbonyl (C=O) groups excluding carboxylic acids is 1. The molecule has 1 N–H and O–H groups in total. The van der Waals surface area contributed by atoms with Gasteiger partial charge in [-0.2, -0.15) is 4.72 Å². The van der Waals surface area contributed by atoms with E-state index >= 15 is 0 Å². The third-order valence-electron chi connectivity index (χ3n) is 3.35. The van der Waals surface area contributed by atoms with Gasteiger partial charge in [-0.1, -0.05) is 53.0 Å². The predicted molar refractivity (Wildman–Crippen MR) is 97.2 cm³/mol. The first-order valence-electron chi connectivity index (χ1n) is 7.38. The third-order valence-corrected chi connectivity index (χ3v) is 5.63. The van der Waals surface area contributed by atoms with Gasteiger partial charge in [0.2, 0.25) is 10.0 Å². The molecule has 2 aromatic carbocycles. The number of nitrogens with one attached hydrogen (secondary N) is 1. The van der Waals surface area contributed by atoms with E-state index in [1.807, 2.05) is 31.2 Å². The summed E-state index contributed by atoms with van der Waals surface area (Å²) in [4.78, 5) is 12.0. The minimum absolute atomic E-state index is 0.0688. The van der Waals surface area contributed by atoms with Gasteiger partial charge in [0.1, 0.15) is 12.6 Å². The van der Waals surface area contributed by atoms with E-state index in [0.717, 1.165) is 11.1 Å². The minimum Gasteiger partial charge on any atom is -0.460 e. The quantitative estimate of drug-likeness (QED) is 0.748. The summed E-state index contributed by atoms with van der Waals surface area (Å²) in [7, 11) is -3.93. The van der Waals surface area contributed by atoms with Gasteiger partial charge in [0.05, 0.1) is 14.9 Å². The van der Waals surface area contributed by atoms with Crippen molar-refractivity contribution in [2.24, 2.45) is 0 Å². The summed E-state index contributed by atoms with van der Waals surface area (Å²) >= 11 is 11.6. The van der Waals surface area contributed by atoms with Gasteiger partial charge >= 0.3 is 5.97 Å². The molecular weight excluding hydrogens is 385 g/mol. The van der Waals surface area contributed by atoms with Gasteiger partial charge in [0.15, 0.2) is 0 Å². The molecule has 0 unspecified atom stereocenters. The Balaban J connectivity index is 2.00. The van der Waals surface area contributed by atoms with Crippen molar-refractivity contribution < 1.29 is 17.9 Å². The van der Waals surface area contributed by atoms with Crippen LogP contribution < -0.4 is 4.72 Å². The lowest BCUT2D eigenvalue weighted by Gasteiger charge is -2.14. The van der Waals surface area contributed by atoms with Crippen LogP contribution in [0.5, 0.6) is 0 Å². The smallest absolute Gasteiger partial charge is 0.324 e. The second kappa shape index (κ2) is 8.19. The summed E-state index contributed by atoms with van der Waals surface area (Å²) in [6.07, 6.45) is 0. The van der Waals surface area contributed by atoms with Crippen LogP contribution in [0.15, 0.2) is 47.4 Å². The Hall–Kier alpha value is -1.60. The van der Waals surface area contributed by atoms with Crippen LogP contribution in [-0.4, -0.2) is 20.4 Å². The highest BCUT2D eigenvalue weighted by molar-refractivity contribution is 7.89. The van der Waals surface area contributed by atoms with Gasteiger partial charge in [0, 0.05) is 0 Å². The van der Waals surface area contributed by atoms with Gasteiger partial charge in [-0.25, -0.2) is 8.42 Å². The summed E-state index contributed by atoms with van der Waals surface area (Å²) in [6.45, 7) is 3.41. The Morgan fingerprint density at radius 3 is 2.52 bits per heavy atom. The molecule has 5 nitrogen and oxygen atoms in total. The summed E-state index contributed by atoms with van der Waals surface area (Å²) in [6, 6.07) is 10.3. The first-order valence-corrected chi connectivity index (χ1v) is 9.62. The Kier molecular flexibility index (Phi) is 6.46. The second-order valence-electron chi connectivity index (χ2n) is 5.52. The average Bonchev–Trinajstić information content (AvgIpc) is 2.54. The molecule has 0 fully saturated rings. The molecule has 0 aliphatic heterocycles. The summed E-state index contributed by atoms with van der Waals surface area (Å²) < 4.78 is 32.0. The molecule has 0 saturated carbocycles. The zero-order valence-electron chi connectivity index (χ0n) is 13.6. The van der Waals surface area contributed by atoms with Crippen molar-refractivity contribution in [3.05, 3.63) is 63.6 Å². The maximum Gasteiger partial charge on any atom is 0.324 e. The molecule has 0 saturated heterocycles. The lowest BCUT2D eigenvalue weighted by atomic mass is 10.1. The Morgan fingerprint density at radius 2 is 1.88 bits per heavy atom. The van der Waals surface area contributed by atoms with Crippen LogP contribution in [0.25, 0.3) is 0 Å². The summed E-state index contributed by atoms with van der Waals surface area (Å²) in [5.41, 5.74) is 1.87. The molecule has 0 spiro atoms. The van der Waals surface area contributed by atoms with E-state index in [2.05, 4.69) is 4.72 Å². The molecule has 0 aliphatic carbocycles. The number of rotatable bonds is 6. The molecule has 0 heterocycles. The average molecular weight is 402 g/mol. The summed E-state index contributed by atoms with van der Waals surface area (Å²) in [5.74, 6) is -0.676. The maximum atomic E-state index is 12.3. The van der Waals surface area contributed by atoms with Gasteiger partial charge in [-0.3, -0.25) is 4.79 Å². The van der Waals surface area contributed by atoms with E-state index in [0.29, 0.717) is 0 Å². The van der Waals surface area contributed by atoms with Crippen molar-refractivity contribution in [2.75, 3.05) is 0 Å². The van der Waals surface area contributed by atoms with E-state index in [4.69, 9.17) is 27.9 Å². The zero-order chi connectivity index (χ0) is 18.6. The highest BCUT2D eigenvalue weighted by Crippen LogP contribution is 2.24. The first-order chi connectivity index (χ1) is 11.7. The minimum atomic E-state index is -3.93. The van der Waals surface area contributed by atoms with Crippen LogP contribution in [0.2, 0.25) is 10.0 Å². The van der Waals surface area contributed by atoms with Crippen LogP contribution in [-0.2, 0) is 26.2 Å². The lowest BCUT2D eigenvalue weighted by molar-refractivity contribution is -0.146. The van der Waals surface area contributed by atoms with Crippen LogP contribution in [0, 0.1) is 6.92 Å². The zero-order valence-corrected chi connectivity index (χ0v) is 16.0. The van der Waals surface area contributed by atoms with Crippen LogP contribution in [0.1, 0.15) is 18.1 Å². The van der Waals surface area contributed by atoms with E-state index in [-0.39, 0.29) is 21.5 Å². The fourth-order valence-electron chi connectivity index (χ4n) is 2.07. The van der Waals surface area contributed by atoms with Crippen molar-refractivity contribution in [1.29, 1.82) is 0 Å². The van der Waals surface area contributed by atoms with E-state index in [1.54, 1.807) is 0 Å².